The summed E-state index contributed by atoms with van der Waals surface area (Å²) in [5.41, 5.74) is 10.0. The number of carbonyl (C=O) groups excluding carboxylic acids is 2. The first-order chi connectivity index (χ1) is 22.1. The van der Waals surface area contributed by atoms with Gasteiger partial charge >= 0.3 is 6.09 Å². The van der Waals surface area contributed by atoms with Crippen LogP contribution in [0.25, 0.3) is 0 Å². The van der Waals surface area contributed by atoms with Gasteiger partial charge in [-0.05, 0) is 41.5 Å². The van der Waals surface area contributed by atoms with E-state index in [2.05, 4.69) is 15.2 Å². The number of para-hydroxylation sites is 2. The molecule has 45 heavy (non-hydrogen) atoms. The minimum absolute atomic E-state index is 0.0876. The van der Waals surface area contributed by atoms with Gasteiger partial charge in [0.1, 0.15) is 6.61 Å². The summed E-state index contributed by atoms with van der Waals surface area (Å²) in [6.07, 6.45) is 2.87. The fourth-order valence-corrected chi connectivity index (χ4v) is 5.13. The summed E-state index contributed by atoms with van der Waals surface area (Å²) < 4.78 is 17.2. The van der Waals surface area contributed by atoms with Crippen LogP contribution in [0.1, 0.15) is 33.1 Å². The average molecular weight is 610 g/mol. The molecule has 1 atom stereocenters. The Morgan fingerprint density at radius 2 is 1.64 bits per heavy atom. The zero-order valence-electron chi connectivity index (χ0n) is 25.2. The van der Waals surface area contributed by atoms with E-state index in [1.54, 1.807) is 47.6 Å². The zero-order valence-corrected chi connectivity index (χ0v) is 25.2. The molecule has 1 saturated heterocycles. The first-order valence-electron chi connectivity index (χ1n) is 15.1. The smallest absolute Gasteiger partial charge is 0.410 e. The van der Waals surface area contributed by atoms with Gasteiger partial charge in [-0.2, -0.15) is 0 Å². The lowest BCUT2D eigenvalue weighted by Gasteiger charge is -2.32. The topological polar surface area (TPSA) is 119 Å². The molecule has 234 valence electrons. The number of anilines is 2. The van der Waals surface area contributed by atoms with Gasteiger partial charge in [0.05, 0.1) is 43.8 Å². The van der Waals surface area contributed by atoms with Crippen molar-refractivity contribution in [1.82, 2.24) is 14.8 Å². The fourth-order valence-electron chi connectivity index (χ4n) is 5.13. The predicted octanol–water partition coefficient (Wildman–Crippen LogP) is 4.99. The van der Waals surface area contributed by atoms with Crippen molar-refractivity contribution in [3.8, 4) is 0 Å². The third kappa shape index (κ3) is 9.12. The molecule has 0 spiro atoms. The molecule has 1 aromatic heterocycles. The van der Waals surface area contributed by atoms with Crippen molar-refractivity contribution in [2.24, 2.45) is 0 Å². The van der Waals surface area contributed by atoms with Crippen molar-refractivity contribution >= 4 is 23.4 Å². The molecule has 2 heterocycles. The Morgan fingerprint density at radius 3 is 2.38 bits per heavy atom. The van der Waals surface area contributed by atoms with E-state index in [0.29, 0.717) is 36.7 Å². The molecule has 10 nitrogen and oxygen atoms in total. The molecule has 0 aliphatic carbocycles. The van der Waals surface area contributed by atoms with E-state index < -0.39 is 12.1 Å². The van der Waals surface area contributed by atoms with Gasteiger partial charge in [-0.3, -0.25) is 19.6 Å². The fraction of sp³-hybridized carbons (Fsp3) is 0.286. The molecule has 3 N–H and O–H groups in total. The Labute approximate surface area is 263 Å². The van der Waals surface area contributed by atoms with Crippen molar-refractivity contribution in [3.63, 3.8) is 0 Å². The lowest BCUT2D eigenvalue weighted by atomic mass is 9.96. The molecule has 0 unspecified atom stereocenters. The van der Waals surface area contributed by atoms with Crippen molar-refractivity contribution in [2.45, 2.75) is 12.6 Å². The Kier molecular flexibility index (Phi) is 11.5. The molecule has 4 aromatic rings. The van der Waals surface area contributed by atoms with Crippen LogP contribution in [0.5, 0.6) is 0 Å². The van der Waals surface area contributed by atoms with Gasteiger partial charge in [0, 0.05) is 49.7 Å². The first kappa shape index (κ1) is 31.6. The highest BCUT2D eigenvalue weighted by Crippen LogP contribution is 2.30. The average Bonchev–Trinajstić information content (AvgIpc) is 3.09. The van der Waals surface area contributed by atoms with Gasteiger partial charge in [0.25, 0.3) is 5.91 Å². The number of amides is 2. The second-order valence-electron chi connectivity index (χ2n) is 10.7. The quantitative estimate of drug-likeness (QED) is 0.161. The van der Waals surface area contributed by atoms with Crippen LogP contribution in [0.15, 0.2) is 103 Å². The molecular formula is C35H39N5O5. The summed E-state index contributed by atoms with van der Waals surface area (Å²) in [6, 6.07) is 27.3. The number of nitrogens with one attached hydrogen (secondary N) is 1. The number of ether oxygens (including phenoxy) is 3. The maximum atomic E-state index is 13.8. The standard InChI is InChI=1S/C35H39N5O5/c36-31-10-4-5-11-32(31)38-34(41)30-14-12-29(13-15-30)33(28-8-2-1-3-9-28)40(35(42)45-26-27-7-6-16-37-25-27)20-24-44-23-19-39-17-21-43-22-18-39/h1-16,25,33H,17-24,26,36H2,(H,38,41)/t33-/m0/s1. The second-order valence-corrected chi connectivity index (χ2v) is 10.7. The van der Waals surface area contributed by atoms with Crippen LogP contribution < -0.4 is 11.1 Å². The van der Waals surface area contributed by atoms with E-state index in [0.717, 1.165) is 49.5 Å². The zero-order chi connectivity index (χ0) is 31.3. The highest BCUT2D eigenvalue weighted by Gasteiger charge is 2.28. The highest BCUT2D eigenvalue weighted by atomic mass is 16.6. The Balaban J connectivity index is 1.34. The highest BCUT2D eigenvalue weighted by molar-refractivity contribution is 6.05. The lowest BCUT2D eigenvalue weighted by Crippen LogP contribution is -2.40. The number of nitrogens with zero attached hydrogens (tertiary/aromatic N) is 3. The predicted molar refractivity (Wildman–Crippen MR) is 173 cm³/mol. The largest absolute Gasteiger partial charge is 0.444 e. The van der Waals surface area contributed by atoms with E-state index in [1.165, 1.54) is 0 Å². The summed E-state index contributed by atoms with van der Waals surface area (Å²) in [4.78, 5) is 34.9. The van der Waals surface area contributed by atoms with Gasteiger partial charge in [-0.1, -0.05) is 60.7 Å². The molecule has 10 heteroatoms. The summed E-state index contributed by atoms with van der Waals surface area (Å²) in [6.45, 7) is 5.30. The van der Waals surface area contributed by atoms with Gasteiger partial charge in [0.2, 0.25) is 0 Å². The summed E-state index contributed by atoms with van der Waals surface area (Å²) in [5.74, 6) is -0.280. The van der Waals surface area contributed by atoms with E-state index >= 15 is 0 Å². The second kappa shape index (κ2) is 16.3. The molecule has 0 radical (unpaired) electrons. The number of nitrogen functional groups attached to an aromatic ring is 1. The summed E-state index contributed by atoms with van der Waals surface area (Å²) >= 11 is 0. The van der Waals surface area contributed by atoms with Crippen LogP contribution in [0.2, 0.25) is 0 Å². The van der Waals surface area contributed by atoms with Crippen LogP contribution in [0.4, 0.5) is 16.2 Å². The number of pyridine rings is 1. The first-order valence-corrected chi connectivity index (χ1v) is 15.1. The van der Waals surface area contributed by atoms with E-state index in [9.17, 15) is 9.59 Å². The van der Waals surface area contributed by atoms with Crippen LogP contribution in [0, 0.1) is 0 Å². The van der Waals surface area contributed by atoms with E-state index in [-0.39, 0.29) is 12.5 Å². The lowest BCUT2D eigenvalue weighted by molar-refractivity contribution is 0.0157. The van der Waals surface area contributed by atoms with Gasteiger partial charge in [-0.15, -0.1) is 0 Å². The van der Waals surface area contributed by atoms with E-state index in [1.807, 2.05) is 60.7 Å². The van der Waals surface area contributed by atoms with Gasteiger partial charge in [-0.25, -0.2) is 4.79 Å². The van der Waals surface area contributed by atoms with Gasteiger partial charge in [0.15, 0.2) is 0 Å². The summed E-state index contributed by atoms with van der Waals surface area (Å²) in [7, 11) is 0. The van der Waals surface area contributed by atoms with Crippen molar-refractivity contribution in [2.75, 3.05) is 63.7 Å². The number of rotatable bonds is 13. The Bertz CT molecular complexity index is 1500. The van der Waals surface area contributed by atoms with Crippen LogP contribution >= 0.6 is 0 Å². The molecule has 1 fully saturated rings. The van der Waals surface area contributed by atoms with Crippen molar-refractivity contribution in [1.29, 1.82) is 0 Å². The normalized spacial score (nSPS) is 14.0. The number of morpholine rings is 1. The molecule has 1 aliphatic rings. The number of nitrogens with two attached hydrogens (primary N) is 1. The minimum atomic E-state index is -0.489. The van der Waals surface area contributed by atoms with Crippen molar-refractivity contribution in [3.05, 3.63) is 126 Å². The molecule has 1 aliphatic heterocycles. The van der Waals surface area contributed by atoms with E-state index in [4.69, 9.17) is 19.9 Å². The third-order valence-electron chi connectivity index (χ3n) is 7.58. The third-order valence-corrected chi connectivity index (χ3v) is 7.58. The van der Waals surface area contributed by atoms with Crippen LogP contribution in [-0.4, -0.2) is 79.4 Å². The number of carbonyl (C=O) groups is 2. The molecule has 0 bridgehead atoms. The number of aromatic nitrogens is 1. The molecule has 2 amide bonds. The maximum Gasteiger partial charge on any atom is 0.410 e. The SMILES string of the molecule is Nc1ccccc1NC(=O)c1ccc([C@H](c2ccccc2)N(CCOCCN2CCOCC2)C(=O)OCc2cccnc2)cc1. The molecule has 3 aromatic carbocycles. The van der Waals surface area contributed by atoms with Crippen LogP contribution in [0.3, 0.4) is 0 Å². The molecule has 5 rings (SSSR count). The number of benzene rings is 3. The minimum Gasteiger partial charge on any atom is -0.444 e. The number of hydrogen-bond donors (Lipinski definition) is 2. The Morgan fingerprint density at radius 1 is 0.911 bits per heavy atom. The van der Waals surface area contributed by atoms with Crippen LogP contribution in [-0.2, 0) is 20.8 Å². The Hall–Kier alpha value is -4.77. The monoisotopic (exact) mass is 609 g/mol. The maximum absolute atomic E-state index is 13.8. The summed E-state index contributed by atoms with van der Waals surface area (Å²) in [5, 5.41) is 2.86. The molecule has 0 saturated carbocycles. The number of hydrogen-bond acceptors (Lipinski definition) is 8. The van der Waals surface area contributed by atoms with Gasteiger partial charge < -0.3 is 25.3 Å². The molecular weight excluding hydrogens is 570 g/mol. The van der Waals surface area contributed by atoms with Crippen molar-refractivity contribution < 1.29 is 23.8 Å².